The number of carbonyl (C=O) groups excluding carboxylic acids is 2. The molecule has 0 saturated heterocycles. The average molecular weight is 540 g/mol. The van der Waals surface area contributed by atoms with E-state index >= 15 is 0 Å². The number of hydrogen-bond donors (Lipinski definition) is 1. The lowest BCUT2D eigenvalue weighted by Gasteiger charge is -2.35. The number of nitrogens with zero attached hydrogens (tertiary/aromatic N) is 5. The number of primary amides is 1. The van der Waals surface area contributed by atoms with Crippen LogP contribution in [0.1, 0.15) is 23.6 Å². The Hall–Kier alpha value is -4.10. The van der Waals surface area contributed by atoms with Crippen LogP contribution in [-0.4, -0.2) is 50.6 Å². The second-order valence-electron chi connectivity index (χ2n) is 8.75. The SMILES string of the molecule is NC(=O)CN(c1ccccc1)[C@@H](CC(=O)N1CCn2c(nnc2C(F)(F)F)C1)Cc1cc(F)c(F)cc1F. The summed E-state index contributed by atoms with van der Waals surface area (Å²) in [5.74, 6) is -6.23. The number of benzene rings is 2. The van der Waals surface area contributed by atoms with E-state index in [1.807, 2.05) is 0 Å². The van der Waals surface area contributed by atoms with Gasteiger partial charge in [-0.25, -0.2) is 13.2 Å². The molecule has 0 saturated carbocycles. The van der Waals surface area contributed by atoms with E-state index in [0.29, 0.717) is 17.8 Å². The van der Waals surface area contributed by atoms with Gasteiger partial charge in [0, 0.05) is 37.3 Å². The molecule has 2 heterocycles. The molecule has 1 aromatic heterocycles. The maximum atomic E-state index is 14.6. The highest BCUT2D eigenvalue weighted by Crippen LogP contribution is 2.30. The number of aromatic nitrogens is 3. The number of alkyl halides is 3. The predicted octanol–water partition coefficient (Wildman–Crippen LogP) is 3.05. The average Bonchev–Trinajstić information content (AvgIpc) is 3.30. The summed E-state index contributed by atoms with van der Waals surface area (Å²) in [5.41, 5.74) is 5.65. The fraction of sp³-hybridized carbons (Fsp3) is 0.333. The lowest BCUT2D eigenvalue weighted by atomic mass is 9.99. The zero-order chi connectivity index (χ0) is 27.6. The topological polar surface area (TPSA) is 97.3 Å². The zero-order valence-corrected chi connectivity index (χ0v) is 19.8. The quantitative estimate of drug-likeness (QED) is 0.350. The molecular formula is C24H22F6N6O2. The Kier molecular flexibility index (Phi) is 7.60. The van der Waals surface area contributed by atoms with Crippen molar-refractivity contribution in [1.82, 2.24) is 19.7 Å². The molecule has 8 nitrogen and oxygen atoms in total. The van der Waals surface area contributed by atoms with Crippen LogP contribution < -0.4 is 10.6 Å². The van der Waals surface area contributed by atoms with Gasteiger partial charge in [-0.3, -0.25) is 9.59 Å². The first-order chi connectivity index (χ1) is 17.9. The van der Waals surface area contributed by atoms with Gasteiger partial charge >= 0.3 is 6.18 Å². The number of fused-ring (bicyclic) bond motifs is 1. The number of halogens is 6. The molecule has 2 amide bonds. The third-order valence-electron chi connectivity index (χ3n) is 6.17. The van der Waals surface area contributed by atoms with E-state index in [1.165, 1.54) is 9.80 Å². The highest BCUT2D eigenvalue weighted by atomic mass is 19.4. The molecule has 2 aromatic carbocycles. The van der Waals surface area contributed by atoms with Gasteiger partial charge in [0.1, 0.15) is 5.82 Å². The highest BCUT2D eigenvalue weighted by molar-refractivity contribution is 5.81. The van der Waals surface area contributed by atoms with Crippen molar-refractivity contribution in [2.75, 3.05) is 18.0 Å². The molecule has 0 aliphatic carbocycles. The second-order valence-corrected chi connectivity index (χ2v) is 8.75. The summed E-state index contributed by atoms with van der Waals surface area (Å²) in [6.07, 6.45) is -5.36. The molecular weight excluding hydrogens is 518 g/mol. The zero-order valence-electron chi connectivity index (χ0n) is 19.8. The van der Waals surface area contributed by atoms with Crippen molar-refractivity contribution in [1.29, 1.82) is 0 Å². The number of rotatable bonds is 8. The Morgan fingerprint density at radius 1 is 1.00 bits per heavy atom. The maximum Gasteiger partial charge on any atom is 0.451 e. The fourth-order valence-electron chi connectivity index (χ4n) is 4.40. The van der Waals surface area contributed by atoms with Crippen LogP contribution in [0.25, 0.3) is 0 Å². The molecule has 202 valence electrons. The van der Waals surface area contributed by atoms with E-state index in [2.05, 4.69) is 10.2 Å². The molecule has 2 N–H and O–H groups in total. The molecule has 0 unspecified atom stereocenters. The van der Waals surface area contributed by atoms with Gasteiger partial charge in [0.15, 0.2) is 17.5 Å². The van der Waals surface area contributed by atoms with Crippen molar-refractivity contribution in [3.05, 3.63) is 77.1 Å². The van der Waals surface area contributed by atoms with Crippen LogP contribution in [0.5, 0.6) is 0 Å². The van der Waals surface area contributed by atoms with Crippen molar-refractivity contribution >= 4 is 17.5 Å². The van der Waals surface area contributed by atoms with Gasteiger partial charge in [0.25, 0.3) is 0 Å². The molecule has 38 heavy (non-hydrogen) atoms. The van der Waals surface area contributed by atoms with Crippen molar-refractivity contribution in [2.24, 2.45) is 5.73 Å². The number of hydrogen-bond acceptors (Lipinski definition) is 5. The Labute approximate surface area is 212 Å². The largest absolute Gasteiger partial charge is 0.451 e. The summed E-state index contributed by atoms with van der Waals surface area (Å²) < 4.78 is 82.3. The molecule has 1 aliphatic rings. The molecule has 0 spiro atoms. The van der Waals surface area contributed by atoms with Crippen LogP contribution in [0.4, 0.5) is 32.0 Å². The number of carbonyl (C=O) groups is 2. The first kappa shape index (κ1) is 26.9. The van der Waals surface area contributed by atoms with E-state index in [1.54, 1.807) is 30.3 Å². The summed E-state index contributed by atoms with van der Waals surface area (Å²) in [6.45, 7) is -0.915. The minimum atomic E-state index is -4.71. The highest BCUT2D eigenvalue weighted by Gasteiger charge is 2.40. The molecule has 0 fully saturated rings. The Morgan fingerprint density at radius 3 is 2.34 bits per heavy atom. The first-order valence-corrected chi connectivity index (χ1v) is 11.4. The van der Waals surface area contributed by atoms with Gasteiger partial charge in [-0.15, -0.1) is 10.2 Å². The van der Waals surface area contributed by atoms with Crippen LogP contribution in [0.15, 0.2) is 42.5 Å². The van der Waals surface area contributed by atoms with E-state index in [-0.39, 0.29) is 50.4 Å². The maximum absolute atomic E-state index is 14.6. The fourth-order valence-corrected chi connectivity index (χ4v) is 4.40. The van der Waals surface area contributed by atoms with Crippen molar-refractivity contribution in [3.63, 3.8) is 0 Å². The van der Waals surface area contributed by atoms with Gasteiger partial charge in [0.2, 0.25) is 17.6 Å². The molecule has 0 radical (unpaired) electrons. The Bertz CT molecular complexity index is 1330. The first-order valence-electron chi connectivity index (χ1n) is 11.4. The number of amides is 2. The molecule has 3 aromatic rings. The standard InChI is InChI=1S/C24H22F6N6O2/c25-17-11-19(27)18(26)9-14(17)8-16(36(12-20(31)37)15-4-2-1-3-5-15)10-22(38)34-6-7-35-21(13-34)32-33-23(35)24(28,29)30/h1-5,9,11,16H,6-8,10,12-13H2,(H2,31,37)/t16-/m1/s1. The Balaban J connectivity index is 1.63. The third-order valence-corrected chi connectivity index (χ3v) is 6.17. The van der Waals surface area contributed by atoms with E-state index in [9.17, 15) is 35.9 Å². The second kappa shape index (κ2) is 10.7. The number of para-hydroxylation sites is 1. The lowest BCUT2D eigenvalue weighted by molar-refractivity contribution is -0.148. The van der Waals surface area contributed by atoms with Crippen molar-refractivity contribution in [3.8, 4) is 0 Å². The van der Waals surface area contributed by atoms with E-state index < -0.39 is 47.3 Å². The van der Waals surface area contributed by atoms with Gasteiger partial charge in [-0.1, -0.05) is 18.2 Å². The third kappa shape index (κ3) is 5.89. The van der Waals surface area contributed by atoms with E-state index in [4.69, 9.17) is 5.73 Å². The van der Waals surface area contributed by atoms with Crippen molar-refractivity contribution in [2.45, 2.75) is 38.1 Å². The van der Waals surface area contributed by atoms with Crippen LogP contribution in [-0.2, 0) is 35.3 Å². The summed E-state index contributed by atoms with van der Waals surface area (Å²) in [6, 6.07) is 8.40. The summed E-state index contributed by atoms with van der Waals surface area (Å²) in [4.78, 5) is 27.9. The predicted molar refractivity (Wildman–Crippen MR) is 122 cm³/mol. The minimum Gasteiger partial charge on any atom is -0.368 e. The minimum absolute atomic E-state index is 0.0582. The molecule has 0 bridgehead atoms. The van der Waals surface area contributed by atoms with Crippen LogP contribution >= 0.6 is 0 Å². The van der Waals surface area contributed by atoms with E-state index in [0.717, 1.165) is 4.57 Å². The smallest absolute Gasteiger partial charge is 0.368 e. The molecule has 1 aliphatic heterocycles. The van der Waals surface area contributed by atoms with Crippen LogP contribution in [0.2, 0.25) is 0 Å². The van der Waals surface area contributed by atoms with Gasteiger partial charge in [-0.05, 0) is 30.2 Å². The summed E-state index contributed by atoms with van der Waals surface area (Å²) >= 11 is 0. The lowest BCUT2D eigenvalue weighted by Crippen LogP contribution is -2.47. The van der Waals surface area contributed by atoms with Crippen molar-refractivity contribution < 1.29 is 35.9 Å². The number of nitrogens with two attached hydrogens (primary N) is 1. The molecule has 4 rings (SSSR count). The Morgan fingerprint density at radius 2 is 1.68 bits per heavy atom. The molecule has 1 atom stereocenters. The normalized spacial score (nSPS) is 14.2. The van der Waals surface area contributed by atoms with Gasteiger partial charge < -0.3 is 20.1 Å². The van der Waals surface area contributed by atoms with Gasteiger partial charge in [0.05, 0.1) is 13.1 Å². The van der Waals surface area contributed by atoms with Crippen LogP contribution in [0.3, 0.4) is 0 Å². The van der Waals surface area contributed by atoms with Gasteiger partial charge in [-0.2, -0.15) is 13.2 Å². The number of anilines is 1. The molecule has 14 heteroatoms. The monoisotopic (exact) mass is 540 g/mol. The summed E-state index contributed by atoms with van der Waals surface area (Å²) in [5, 5.41) is 6.74. The summed E-state index contributed by atoms with van der Waals surface area (Å²) in [7, 11) is 0. The van der Waals surface area contributed by atoms with Crippen LogP contribution in [0, 0.1) is 17.5 Å².